The van der Waals surface area contributed by atoms with Crippen molar-refractivity contribution in [3.05, 3.63) is 59.7 Å². The molecule has 3 fully saturated rings. The Labute approximate surface area is 246 Å². The Bertz CT molecular complexity index is 1850. The van der Waals surface area contributed by atoms with Crippen LogP contribution in [0, 0.1) is 5.92 Å². The van der Waals surface area contributed by atoms with Crippen molar-refractivity contribution in [2.24, 2.45) is 13.0 Å². The first-order valence-electron chi connectivity index (χ1n) is 14.7. The molecule has 5 heterocycles. The second-order valence-electron chi connectivity index (χ2n) is 12.0. The molecule has 0 bridgehead atoms. The van der Waals surface area contributed by atoms with Gasteiger partial charge in [0.25, 0.3) is 11.8 Å². The van der Waals surface area contributed by atoms with Crippen LogP contribution in [0.4, 0.5) is 0 Å². The largest absolute Gasteiger partial charge is 0.492 e. The highest BCUT2D eigenvalue weighted by Crippen LogP contribution is 2.46. The zero-order valence-electron chi connectivity index (χ0n) is 23.5. The van der Waals surface area contributed by atoms with E-state index in [9.17, 15) is 19.2 Å². The molecule has 1 N–H and O–H groups in total. The summed E-state index contributed by atoms with van der Waals surface area (Å²) >= 11 is 0. The van der Waals surface area contributed by atoms with Gasteiger partial charge in [-0.05, 0) is 56.2 Å². The summed E-state index contributed by atoms with van der Waals surface area (Å²) in [4.78, 5) is 56.1. The molecule has 1 atom stereocenters. The predicted molar refractivity (Wildman–Crippen MR) is 152 cm³/mol. The van der Waals surface area contributed by atoms with Gasteiger partial charge in [0.2, 0.25) is 11.8 Å². The van der Waals surface area contributed by atoms with Crippen LogP contribution in [0.2, 0.25) is 0 Å². The van der Waals surface area contributed by atoms with Crippen LogP contribution < -0.4 is 10.1 Å². The number of ether oxygens (including phenoxy) is 1. The fourth-order valence-corrected chi connectivity index (χ4v) is 6.51. The van der Waals surface area contributed by atoms with Gasteiger partial charge < -0.3 is 4.74 Å². The summed E-state index contributed by atoms with van der Waals surface area (Å²) in [5.41, 5.74) is 4.52. The Hall–Kier alpha value is -4.87. The van der Waals surface area contributed by atoms with Crippen molar-refractivity contribution >= 4 is 34.5 Å². The van der Waals surface area contributed by atoms with Gasteiger partial charge in [0.1, 0.15) is 11.8 Å². The minimum absolute atomic E-state index is 0.0754. The predicted octanol–water partition coefficient (Wildman–Crippen LogP) is 3.14. The smallest absolute Gasteiger partial charge is 0.266 e. The molecule has 2 aliphatic heterocycles. The molecule has 2 saturated carbocycles. The standard InChI is InChI=1S/C31H29N7O5/c1-36-24-11-22(32-12-18(24)13-33-36)21-14-37(35-28(21)17-5-6-17)19-9-16(10-19)15-43-25-4-2-3-20-27(25)31(42)38(30(20)41)23-7-8-26(39)34-29(23)40/h2-4,11-14,16-17,19,23H,5-10,15H2,1H3,(H,34,39,40). The van der Waals surface area contributed by atoms with Crippen molar-refractivity contribution < 1.29 is 23.9 Å². The maximum absolute atomic E-state index is 13.3. The zero-order valence-corrected chi connectivity index (χ0v) is 23.5. The van der Waals surface area contributed by atoms with Gasteiger partial charge in [0.15, 0.2) is 0 Å². The minimum atomic E-state index is -1.01. The van der Waals surface area contributed by atoms with E-state index in [1.54, 1.807) is 18.2 Å². The van der Waals surface area contributed by atoms with Gasteiger partial charge in [-0.3, -0.25) is 43.7 Å². The average Bonchev–Trinajstić information content (AvgIpc) is 3.55. The number of imide groups is 2. The van der Waals surface area contributed by atoms with E-state index in [4.69, 9.17) is 14.8 Å². The number of fused-ring (bicyclic) bond motifs is 2. The number of rotatable bonds is 7. The molecule has 3 aromatic heterocycles. The summed E-state index contributed by atoms with van der Waals surface area (Å²) in [5.74, 6) is -1.07. The van der Waals surface area contributed by atoms with Gasteiger partial charge in [0.05, 0.1) is 46.9 Å². The summed E-state index contributed by atoms with van der Waals surface area (Å²) in [6.07, 6.45) is 10.0. The number of nitrogens with one attached hydrogen (secondary N) is 1. The second-order valence-corrected chi connectivity index (χ2v) is 12.0. The van der Waals surface area contributed by atoms with E-state index in [0.717, 1.165) is 58.4 Å². The highest BCUT2D eigenvalue weighted by molar-refractivity contribution is 6.24. The topological polar surface area (TPSA) is 141 Å². The number of hydrogen-bond donors (Lipinski definition) is 1. The van der Waals surface area contributed by atoms with Gasteiger partial charge in [0, 0.05) is 42.7 Å². The van der Waals surface area contributed by atoms with Gasteiger partial charge >= 0.3 is 0 Å². The molecular formula is C31H29N7O5. The van der Waals surface area contributed by atoms with Crippen molar-refractivity contribution in [3.8, 4) is 17.0 Å². The number of amides is 4. The number of aromatic nitrogens is 5. The van der Waals surface area contributed by atoms with E-state index in [2.05, 4.69) is 27.4 Å². The summed E-state index contributed by atoms with van der Waals surface area (Å²) in [7, 11) is 1.93. The van der Waals surface area contributed by atoms with Gasteiger partial charge in [-0.25, -0.2) is 0 Å². The number of hydrogen-bond acceptors (Lipinski definition) is 8. The highest BCUT2D eigenvalue weighted by Gasteiger charge is 2.46. The van der Waals surface area contributed by atoms with Crippen LogP contribution in [0.3, 0.4) is 0 Å². The maximum atomic E-state index is 13.3. The van der Waals surface area contributed by atoms with Crippen molar-refractivity contribution in [3.63, 3.8) is 0 Å². The Morgan fingerprint density at radius 3 is 2.65 bits per heavy atom. The molecule has 12 nitrogen and oxygen atoms in total. The second kappa shape index (κ2) is 9.58. The number of nitrogens with zero attached hydrogens (tertiary/aromatic N) is 6. The van der Waals surface area contributed by atoms with E-state index in [0.29, 0.717) is 18.3 Å². The number of benzene rings is 1. The van der Waals surface area contributed by atoms with E-state index in [1.165, 1.54) is 0 Å². The Balaban J connectivity index is 0.956. The molecule has 8 rings (SSSR count). The van der Waals surface area contributed by atoms with E-state index >= 15 is 0 Å². The molecule has 0 spiro atoms. The molecule has 4 amide bonds. The Kier molecular flexibility index (Phi) is 5.75. The van der Waals surface area contributed by atoms with Crippen molar-refractivity contribution in [2.75, 3.05) is 6.61 Å². The molecular weight excluding hydrogens is 550 g/mol. The van der Waals surface area contributed by atoms with Crippen LogP contribution in [-0.4, -0.2) is 65.7 Å². The van der Waals surface area contributed by atoms with Gasteiger partial charge in [-0.2, -0.15) is 10.2 Å². The maximum Gasteiger partial charge on any atom is 0.266 e. The molecule has 4 aromatic rings. The average molecular weight is 580 g/mol. The normalized spacial score (nSPS) is 23.5. The van der Waals surface area contributed by atoms with Gasteiger partial charge in [-0.1, -0.05) is 6.07 Å². The van der Waals surface area contributed by atoms with Crippen LogP contribution in [0.1, 0.15) is 76.9 Å². The lowest BCUT2D eigenvalue weighted by atomic mass is 9.81. The Morgan fingerprint density at radius 1 is 1.02 bits per heavy atom. The SMILES string of the molecule is Cn1ncc2cnc(-c3cn(C4CC(COc5cccc6c5C(=O)N(C5CCC(=O)NC5=O)C6=O)C4)nc3C3CC3)cc21. The fourth-order valence-electron chi connectivity index (χ4n) is 6.51. The van der Waals surface area contributed by atoms with Crippen LogP contribution in [0.15, 0.2) is 42.9 Å². The molecule has 1 unspecified atom stereocenters. The molecule has 4 aliphatic rings. The molecule has 1 saturated heterocycles. The number of carbonyl (C=O) groups excluding carboxylic acids is 4. The van der Waals surface area contributed by atoms with Crippen LogP contribution in [0.5, 0.6) is 5.75 Å². The molecule has 1 aromatic carbocycles. The van der Waals surface area contributed by atoms with Crippen molar-refractivity contribution in [2.45, 2.75) is 56.5 Å². The number of pyridine rings is 1. The number of carbonyl (C=O) groups is 4. The highest BCUT2D eigenvalue weighted by atomic mass is 16.5. The van der Waals surface area contributed by atoms with E-state index < -0.39 is 29.7 Å². The third kappa shape index (κ3) is 4.23. The van der Waals surface area contributed by atoms with E-state index in [-0.39, 0.29) is 35.9 Å². The van der Waals surface area contributed by atoms with Gasteiger partial charge in [-0.15, -0.1) is 0 Å². The van der Waals surface area contributed by atoms with Crippen LogP contribution >= 0.6 is 0 Å². The lowest BCUT2D eigenvalue weighted by molar-refractivity contribution is -0.136. The fraction of sp³-hybridized carbons (Fsp3) is 0.387. The summed E-state index contributed by atoms with van der Waals surface area (Å²) < 4.78 is 10.1. The third-order valence-corrected chi connectivity index (χ3v) is 9.12. The first kappa shape index (κ1) is 25.8. The Morgan fingerprint density at radius 2 is 1.86 bits per heavy atom. The summed E-state index contributed by atoms with van der Waals surface area (Å²) in [6.45, 7) is 0.398. The molecule has 0 radical (unpaired) electrons. The lowest BCUT2D eigenvalue weighted by Gasteiger charge is -2.35. The first-order valence-corrected chi connectivity index (χ1v) is 14.7. The summed E-state index contributed by atoms with van der Waals surface area (Å²) in [5, 5.41) is 12.6. The molecule has 12 heteroatoms. The van der Waals surface area contributed by atoms with Crippen LogP contribution in [0.25, 0.3) is 22.2 Å². The first-order chi connectivity index (χ1) is 20.9. The third-order valence-electron chi connectivity index (χ3n) is 9.12. The molecule has 43 heavy (non-hydrogen) atoms. The van der Waals surface area contributed by atoms with Crippen molar-refractivity contribution in [1.29, 1.82) is 0 Å². The quantitative estimate of drug-likeness (QED) is 0.329. The summed E-state index contributed by atoms with van der Waals surface area (Å²) in [6, 6.07) is 6.25. The monoisotopic (exact) mass is 579 g/mol. The minimum Gasteiger partial charge on any atom is -0.492 e. The zero-order chi connectivity index (χ0) is 29.4. The van der Waals surface area contributed by atoms with Crippen molar-refractivity contribution in [1.82, 2.24) is 34.8 Å². The number of piperidine rings is 1. The van der Waals surface area contributed by atoms with E-state index in [1.807, 2.05) is 24.1 Å². The lowest BCUT2D eigenvalue weighted by Crippen LogP contribution is -2.54. The van der Waals surface area contributed by atoms with Crippen LogP contribution in [-0.2, 0) is 16.6 Å². The number of aryl methyl sites for hydroxylation is 1. The molecule has 2 aliphatic carbocycles. The molecule has 218 valence electrons.